The monoisotopic (exact) mass is 166 g/mol. The average molecular weight is 166 g/mol. The summed E-state index contributed by atoms with van der Waals surface area (Å²) in [4.78, 5) is 7.79. The summed E-state index contributed by atoms with van der Waals surface area (Å²) in [6.45, 7) is 1.48. The molecule has 2 heterocycles. The van der Waals surface area contributed by atoms with E-state index in [4.69, 9.17) is 10.5 Å². The molecule has 1 aliphatic heterocycles. The van der Waals surface area contributed by atoms with E-state index in [1.807, 2.05) is 0 Å². The van der Waals surface area contributed by atoms with Crippen molar-refractivity contribution in [2.24, 2.45) is 0 Å². The highest BCUT2D eigenvalue weighted by Gasteiger charge is 2.17. The first-order valence-corrected chi connectivity index (χ1v) is 3.76. The van der Waals surface area contributed by atoms with Crippen LogP contribution in [0, 0.1) is 0 Å². The maximum Gasteiger partial charge on any atom is 0.131 e. The predicted octanol–water partition coefficient (Wildman–Crippen LogP) is -0.131. The fourth-order valence-electron chi connectivity index (χ4n) is 0.979. The van der Waals surface area contributed by atoms with Crippen LogP contribution >= 0.6 is 0 Å². The van der Waals surface area contributed by atoms with Gasteiger partial charge in [0.05, 0.1) is 19.3 Å². The molecule has 12 heavy (non-hydrogen) atoms. The Morgan fingerprint density at radius 1 is 1.50 bits per heavy atom. The lowest BCUT2D eigenvalue weighted by atomic mass is 10.2. The van der Waals surface area contributed by atoms with Gasteiger partial charge in [0.25, 0.3) is 0 Å². The standard InChI is InChI=1S/C7H10N4O/c8-6-1-7(10-4-9-6)11-5-2-12-3-5/h1,4-5H,2-3H2,(H3,8,9,10,11). The summed E-state index contributed by atoms with van der Waals surface area (Å²) >= 11 is 0. The summed E-state index contributed by atoms with van der Waals surface area (Å²) in [5, 5.41) is 3.16. The minimum absolute atomic E-state index is 0.374. The van der Waals surface area contributed by atoms with Crippen LogP contribution in [-0.2, 0) is 4.74 Å². The Bertz CT molecular complexity index is 274. The number of rotatable bonds is 2. The van der Waals surface area contributed by atoms with Gasteiger partial charge >= 0.3 is 0 Å². The Morgan fingerprint density at radius 3 is 2.92 bits per heavy atom. The van der Waals surface area contributed by atoms with Crippen LogP contribution in [0.15, 0.2) is 12.4 Å². The topological polar surface area (TPSA) is 73.1 Å². The third kappa shape index (κ3) is 1.45. The van der Waals surface area contributed by atoms with E-state index in [-0.39, 0.29) is 0 Å². The Hall–Kier alpha value is -1.36. The number of nitrogens with one attached hydrogen (secondary N) is 1. The molecule has 0 atom stereocenters. The maximum atomic E-state index is 5.47. The van der Waals surface area contributed by atoms with Crippen molar-refractivity contribution in [2.45, 2.75) is 6.04 Å². The van der Waals surface area contributed by atoms with Gasteiger partial charge in [0.15, 0.2) is 0 Å². The zero-order valence-electron chi connectivity index (χ0n) is 6.53. The van der Waals surface area contributed by atoms with Crippen molar-refractivity contribution in [3.05, 3.63) is 12.4 Å². The molecule has 3 N–H and O–H groups in total. The Labute approximate surface area is 70.0 Å². The van der Waals surface area contributed by atoms with E-state index in [1.54, 1.807) is 6.07 Å². The average Bonchev–Trinajstić information content (AvgIpc) is 1.97. The number of hydrogen-bond acceptors (Lipinski definition) is 5. The Morgan fingerprint density at radius 2 is 2.33 bits per heavy atom. The van der Waals surface area contributed by atoms with Crippen LogP contribution in [0.3, 0.4) is 0 Å². The van der Waals surface area contributed by atoms with E-state index in [9.17, 15) is 0 Å². The summed E-state index contributed by atoms with van der Waals surface area (Å²) in [5.41, 5.74) is 5.47. The molecule has 0 bridgehead atoms. The minimum Gasteiger partial charge on any atom is -0.384 e. The van der Waals surface area contributed by atoms with Gasteiger partial charge in [-0.05, 0) is 0 Å². The number of nitrogens with zero attached hydrogens (tertiary/aromatic N) is 2. The van der Waals surface area contributed by atoms with Gasteiger partial charge in [0.1, 0.15) is 18.0 Å². The third-order valence-corrected chi connectivity index (χ3v) is 1.68. The molecule has 0 unspecified atom stereocenters. The van der Waals surface area contributed by atoms with Crippen LogP contribution in [0.4, 0.5) is 11.6 Å². The van der Waals surface area contributed by atoms with Gasteiger partial charge in [-0.3, -0.25) is 0 Å². The molecule has 0 aliphatic carbocycles. The zero-order valence-corrected chi connectivity index (χ0v) is 6.53. The lowest BCUT2D eigenvalue weighted by Gasteiger charge is -2.27. The summed E-state index contributed by atoms with van der Waals surface area (Å²) in [6.07, 6.45) is 1.44. The second kappa shape index (κ2) is 2.94. The van der Waals surface area contributed by atoms with Gasteiger partial charge in [0, 0.05) is 6.07 Å². The molecule has 0 amide bonds. The molecule has 2 rings (SSSR count). The van der Waals surface area contributed by atoms with Gasteiger partial charge in [-0.1, -0.05) is 0 Å². The summed E-state index contributed by atoms with van der Waals surface area (Å²) in [5.74, 6) is 1.24. The van der Waals surface area contributed by atoms with E-state index >= 15 is 0 Å². The fraction of sp³-hybridized carbons (Fsp3) is 0.429. The largest absolute Gasteiger partial charge is 0.384 e. The number of ether oxygens (including phenoxy) is 1. The van der Waals surface area contributed by atoms with Crippen LogP contribution < -0.4 is 11.1 Å². The molecule has 5 nitrogen and oxygen atoms in total. The molecule has 64 valence electrons. The second-order valence-corrected chi connectivity index (χ2v) is 2.71. The normalized spacial score (nSPS) is 17.0. The molecule has 1 saturated heterocycles. The third-order valence-electron chi connectivity index (χ3n) is 1.68. The maximum absolute atomic E-state index is 5.47. The first-order valence-electron chi connectivity index (χ1n) is 3.76. The fourth-order valence-corrected chi connectivity index (χ4v) is 0.979. The van der Waals surface area contributed by atoms with Crippen LogP contribution in [0.5, 0.6) is 0 Å². The van der Waals surface area contributed by atoms with Crippen molar-refractivity contribution >= 4 is 11.6 Å². The zero-order chi connectivity index (χ0) is 8.39. The van der Waals surface area contributed by atoms with E-state index in [1.165, 1.54) is 6.33 Å². The minimum atomic E-state index is 0.374. The summed E-state index contributed by atoms with van der Waals surface area (Å²) in [6, 6.07) is 2.08. The molecule has 1 aromatic heterocycles. The van der Waals surface area contributed by atoms with Gasteiger partial charge in [0.2, 0.25) is 0 Å². The van der Waals surface area contributed by atoms with Crippen molar-refractivity contribution in [2.75, 3.05) is 24.3 Å². The van der Waals surface area contributed by atoms with Crippen LogP contribution in [0.1, 0.15) is 0 Å². The van der Waals surface area contributed by atoms with Crippen LogP contribution in [-0.4, -0.2) is 29.2 Å². The van der Waals surface area contributed by atoms with Crippen molar-refractivity contribution in [1.29, 1.82) is 0 Å². The Balaban J connectivity index is 2.02. The number of nitrogens with two attached hydrogens (primary N) is 1. The SMILES string of the molecule is Nc1cc(NC2COC2)ncn1. The van der Waals surface area contributed by atoms with Gasteiger partial charge < -0.3 is 15.8 Å². The highest BCUT2D eigenvalue weighted by molar-refractivity contribution is 5.44. The first kappa shape index (κ1) is 7.30. The second-order valence-electron chi connectivity index (χ2n) is 2.71. The number of anilines is 2. The number of hydrogen-bond donors (Lipinski definition) is 2. The molecule has 0 spiro atoms. The van der Waals surface area contributed by atoms with E-state index < -0.39 is 0 Å². The number of nitrogen functional groups attached to an aromatic ring is 1. The first-order chi connectivity index (χ1) is 5.84. The van der Waals surface area contributed by atoms with Crippen LogP contribution in [0.2, 0.25) is 0 Å². The van der Waals surface area contributed by atoms with Crippen molar-refractivity contribution in [3.8, 4) is 0 Å². The van der Waals surface area contributed by atoms with E-state index in [0.717, 1.165) is 19.0 Å². The van der Waals surface area contributed by atoms with E-state index in [2.05, 4.69) is 15.3 Å². The summed E-state index contributed by atoms with van der Waals surface area (Å²) < 4.78 is 5.00. The molecular formula is C7H10N4O. The highest BCUT2D eigenvalue weighted by Crippen LogP contribution is 2.10. The van der Waals surface area contributed by atoms with Gasteiger partial charge in [-0.15, -0.1) is 0 Å². The smallest absolute Gasteiger partial charge is 0.131 e. The van der Waals surface area contributed by atoms with Crippen molar-refractivity contribution in [3.63, 3.8) is 0 Å². The quantitative estimate of drug-likeness (QED) is 0.640. The molecule has 0 aromatic carbocycles. The van der Waals surface area contributed by atoms with Crippen LogP contribution in [0.25, 0.3) is 0 Å². The van der Waals surface area contributed by atoms with Gasteiger partial charge in [-0.25, -0.2) is 9.97 Å². The highest BCUT2D eigenvalue weighted by atomic mass is 16.5. The predicted molar refractivity (Wildman–Crippen MR) is 44.7 cm³/mol. The molecule has 0 saturated carbocycles. The Kier molecular flexibility index (Phi) is 1.79. The molecule has 0 radical (unpaired) electrons. The van der Waals surface area contributed by atoms with Gasteiger partial charge in [-0.2, -0.15) is 0 Å². The molecule has 5 heteroatoms. The lowest BCUT2D eigenvalue weighted by Crippen LogP contribution is -2.40. The van der Waals surface area contributed by atoms with Crippen molar-refractivity contribution < 1.29 is 4.74 Å². The molecular weight excluding hydrogens is 156 g/mol. The number of aromatic nitrogens is 2. The molecule has 1 aliphatic rings. The lowest BCUT2D eigenvalue weighted by molar-refractivity contribution is 0.0209. The molecule has 1 aromatic rings. The summed E-state index contributed by atoms with van der Waals surface area (Å²) in [7, 11) is 0. The molecule has 1 fully saturated rings. The van der Waals surface area contributed by atoms with E-state index in [0.29, 0.717) is 11.9 Å². The van der Waals surface area contributed by atoms with Crippen molar-refractivity contribution in [1.82, 2.24) is 9.97 Å².